The summed E-state index contributed by atoms with van der Waals surface area (Å²) in [5.74, 6) is -3.25. The van der Waals surface area contributed by atoms with Crippen LogP contribution < -0.4 is 21.3 Å². The Bertz CT molecular complexity index is 1050. The Balaban J connectivity index is 5.03. The molecule has 362 valence electrons. The van der Waals surface area contributed by atoms with Crippen LogP contribution in [0.25, 0.3) is 0 Å². The van der Waals surface area contributed by atoms with Gasteiger partial charge in [0.2, 0.25) is 11.8 Å². The summed E-state index contributed by atoms with van der Waals surface area (Å²) in [5.41, 5.74) is 0. The molecule has 0 aliphatic carbocycles. The van der Waals surface area contributed by atoms with E-state index in [1.54, 1.807) is 0 Å². The molecule has 12 heteroatoms. The minimum atomic E-state index is -1.06. The maximum absolute atomic E-state index is 13.2. The lowest BCUT2D eigenvalue weighted by molar-refractivity contribution is -0.152. The van der Waals surface area contributed by atoms with Gasteiger partial charge in [0.1, 0.15) is 12.1 Å². The van der Waals surface area contributed by atoms with Crippen LogP contribution in [-0.4, -0.2) is 74.0 Å². The number of ether oxygens (including phenoxy) is 2. The number of rotatable bonds is 44. The lowest BCUT2D eigenvalue weighted by Crippen LogP contribution is -2.52. The lowest BCUT2D eigenvalue weighted by atomic mass is 10.1. The van der Waals surface area contributed by atoms with E-state index in [1.807, 2.05) is 0 Å². The topological polar surface area (TPSA) is 169 Å². The minimum absolute atomic E-state index is 0.0177. The van der Waals surface area contributed by atoms with Crippen LogP contribution in [0.2, 0.25) is 0 Å². The molecule has 0 fully saturated rings. The fourth-order valence-electron chi connectivity index (χ4n) is 7.32. The van der Waals surface area contributed by atoms with Gasteiger partial charge in [0, 0.05) is 25.9 Å². The van der Waals surface area contributed by atoms with E-state index in [0.717, 1.165) is 77.0 Å². The summed E-state index contributed by atoms with van der Waals surface area (Å²) in [6, 6.07) is -2.11. The number of hydrogen-bond donors (Lipinski definition) is 4. The standard InChI is InChI=1S/C50H94N4O8/c1-5-9-13-17-19-21-23-25-27-37-45(55)51-39-31-29-35-43(49(59)61-41-33-15-11-7-3)53-47(57)48(58)54-44(50(60)62-42-34-16-12-8-4)36-30-32-40-52-46(56)38-28-26-24-22-20-18-14-10-6-2/h43-44H,5-42H2,1-4H3,(H,51,55)(H,52,56)(H,53,57)(H,54,58)/t43-,44-/m0/s1. The second-order valence-corrected chi connectivity index (χ2v) is 17.4. The van der Waals surface area contributed by atoms with Gasteiger partial charge in [-0.3, -0.25) is 19.2 Å². The number of carbonyl (C=O) groups is 6. The Labute approximate surface area is 378 Å². The zero-order valence-corrected chi connectivity index (χ0v) is 40.3. The Kier molecular flexibility index (Phi) is 42.1. The molecule has 2 atom stereocenters. The highest BCUT2D eigenvalue weighted by Crippen LogP contribution is 2.13. The molecule has 0 saturated carbocycles. The molecule has 0 heterocycles. The van der Waals surface area contributed by atoms with E-state index < -0.39 is 35.8 Å². The van der Waals surface area contributed by atoms with E-state index in [1.165, 1.54) is 77.0 Å². The number of carbonyl (C=O) groups excluding carboxylic acids is 6. The predicted molar refractivity (Wildman–Crippen MR) is 251 cm³/mol. The first kappa shape index (κ1) is 58.8. The van der Waals surface area contributed by atoms with Gasteiger partial charge in [0.15, 0.2) is 0 Å². The molecule has 0 unspecified atom stereocenters. The third-order valence-corrected chi connectivity index (χ3v) is 11.4. The molecule has 4 amide bonds. The average molecular weight is 879 g/mol. The van der Waals surface area contributed by atoms with Gasteiger partial charge in [0.25, 0.3) is 0 Å². The van der Waals surface area contributed by atoms with Crippen LogP contribution in [0.15, 0.2) is 0 Å². The SMILES string of the molecule is CCCCCCCCCCCC(=O)NCCCC[C@H](NC(=O)C(=O)N[C@@H](CCCCNC(=O)CCCCCCCCCCC)C(=O)OCCCCCC)C(=O)OCCCCCC. The summed E-state index contributed by atoms with van der Waals surface area (Å²) in [6.07, 6.45) is 32.5. The summed E-state index contributed by atoms with van der Waals surface area (Å²) in [4.78, 5) is 77.5. The first-order chi connectivity index (χ1) is 30.2. The quantitative estimate of drug-likeness (QED) is 0.0266. The van der Waals surface area contributed by atoms with Crippen molar-refractivity contribution in [1.29, 1.82) is 0 Å². The molecule has 0 saturated heterocycles. The van der Waals surface area contributed by atoms with Crippen LogP contribution in [-0.2, 0) is 38.2 Å². The number of esters is 2. The van der Waals surface area contributed by atoms with E-state index in [-0.39, 0.29) is 37.9 Å². The Morgan fingerprint density at radius 2 is 0.645 bits per heavy atom. The van der Waals surface area contributed by atoms with Crippen LogP contribution in [0.1, 0.15) is 246 Å². The van der Waals surface area contributed by atoms with E-state index in [2.05, 4.69) is 49.0 Å². The summed E-state index contributed by atoms with van der Waals surface area (Å²) in [6.45, 7) is 9.99. The van der Waals surface area contributed by atoms with Crippen molar-refractivity contribution in [2.24, 2.45) is 0 Å². The molecule has 62 heavy (non-hydrogen) atoms. The molecule has 4 N–H and O–H groups in total. The fraction of sp³-hybridized carbons (Fsp3) is 0.880. The van der Waals surface area contributed by atoms with Crippen molar-refractivity contribution in [3.63, 3.8) is 0 Å². The molecule has 12 nitrogen and oxygen atoms in total. The van der Waals surface area contributed by atoms with Gasteiger partial charge in [0.05, 0.1) is 13.2 Å². The Morgan fingerprint density at radius 3 is 0.968 bits per heavy atom. The van der Waals surface area contributed by atoms with Crippen LogP contribution in [0, 0.1) is 0 Å². The van der Waals surface area contributed by atoms with Gasteiger partial charge in [-0.15, -0.1) is 0 Å². The number of nitrogens with one attached hydrogen (secondary N) is 4. The van der Waals surface area contributed by atoms with Gasteiger partial charge in [-0.1, -0.05) is 169 Å². The molecule has 0 aromatic heterocycles. The van der Waals surface area contributed by atoms with Crippen molar-refractivity contribution in [2.45, 2.75) is 258 Å². The van der Waals surface area contributed by atoms with Crippen molar-refractivity contribution in [3.8, 4) is 0 Å². The normalized spacial score (nSPS) is 12.0. The number of unbranched alkanes of at least 4 members (excludes halogenated alkanes) is 24. The highest BCUT2D eigenvalue weighted by Gasteiger charge is 2.29. The zero-order valence-electron chi connectivity index (χ0n) is 40.3. The fourth-order valence-corrected chi connectivity index (χ4v) is 7.32. The molecule has 0 radical (unpaired) electrons. The van der Waals surface area contributed by atoms with Crippen LogP contribution in [0.5, 0.6) is 0 Å². The molecule has 0 aliphatic rings. The van der Waals surface area contributed by atoms with Crippen LogP contribution >= 0.6 is 0 Å². The molecule has 0 bridgehead atoms. The first-order valence-electron chi connectivity index (χ1n) is 25.7. The van der Waals surface area contributed by atoms with Crippen molar-refractivity contribution < 1.29 is 38.2 Å². The lowest BCUT2D eigenvalue weighted by Gasteiger charge is -2.20. The Morgan fingerprint density at radius 1 is 0.355 bits per heavy atom. The second kappa shape index (κ2) is 44.4. The summed E-state index contributed by atoms with van der Waals surface area (Å²) < 4.78 is 11.0. The smallest absolute Gasteiger partial charge is 0.328 e. The summed E-state index contributed by atoms with van der Waals surface area (Å²) in [7, 11) is 0. The third kappa shape index (κ3) is 37.4. The van der Waals surface area contributed by atoms with Crippen LogP contribution in [0.3, 0.4) is 0 Å². The maximum Gasteiger partial charge on any atom is 0.328 e. The van der Waals surface area contributed by atoms with Gasteiger partial charge < -0.3 is 30.7 Å². The summed E-state index contributed by atoms with van der Waals surface area (Å²) >= 11 is 0. The van der Waals surface area contributed by atoms with Crippen molar-refractivity contribution >= 4 is 35.6 Å². The van der Waals surface area contributed by atoms with E-state index in [0.29, 0.717) is 64.5 Å². The molecular weight excluding hydrogens is 785 g/mol. The highest BCUT2D eigenvalue weighted by molar-refractivity contribution is 6.35. The molecule has 0 aliphatic heterocycles. The Hall–Kier alpha value is -3.18. The van der Waals surface area contributed by atoms with Crippen molar-refractivity contribution in [2.75, 3.05) is 26.3 Å². The van der Waals surface area contributed by atoms with Crippen molar-refractivity contribution in [3.05, 3.63) is 0 Å². The predicted octanol–water partition coefficient (Wildman–Crippen LogP) is 10.6. The minimum Gasteiger partial charge on any atom is -0.464 e. The van der Waals surface area contributed by atoms with Gasteiger partial charge in [-0.2, -0.15) is 0 Å². The van der Waals surface area contributed by atoms with Gasteiger partial charge in [-0.05, 0) is 64.2 Å². The number of hydrogen-bond acceptors (Lipinski definition) is 8. The summed E-state index contributed by atoms with van der Waals surface area (Å²) in [5, 5.41) is 11.0. The van der Waals surface area contributed by atoms with Gasteiger partial charge in [-0.25, -0.2) is 9.59 Å². The average Bonchev–Trinajstić information content (AvgIpc) is 3.26. The van der Waals surface area contributed by atoms with Crippen LogP contribution in [0.4, 0.5) is 0 Å². The highest BCUT2D eigenvalue weighted by atomic mass is 16.5. The van der Waals surface area contributed by atoms with E-state index in [9.17, 15) is 28.8 Å². The monoisotopic (exact) mass is 879 g/mol. The van der Waals surface area contributed by atoms with Crippen molar-refractivity contribution in [1.82, 2.24) is 21.3 Å². The van der Waals surface area contributed by atoms with E-state index in [4.69, 9.17) is 9.47 Å². The second-order valence-electron chi connectivity index (χ2n) is 17.4. The zero-order chi connectivity index (χ0) is 45.7. The largest absolute Gasteiger partial charge is 0.464 e. The molecule has 0 rings (SSSR count). The third-order valence-electron chi connectivity index (χ3n) is 11.4. The molecule has 0 spiro atoms. The van der Waals surface area contributed by atoms with E-state index >= 15 is 0 Å². The first-order valence-corrected chi connectivity index (χ1v) is 25.7. The molecule has 0 aromatic rings. The maximum atomic E-state index is 13.2. The molecular formula is C50H94N4O8. The molecule has 0 aromatic carbocycles. The number of amides is 4. The van der Waals surface area contributed by atoms with Gasteiger partial charge >= 0.3 is 23.8 Å².